The van der Waals surface area contributed by atoms with Gasteiger partial charge in [0, 0.05) is 37.1 Å². The third-order valence-electron chi connectivity index (χ3n) is 5.22. The molecule has 0 spiro atoms. The molecule has 3 aromatic rings. The normalized spacial score (nSPS) is 15.6. The van der Waals surface area contributed by atoms with Gasteiger partial charge in [-0.3, -0.25) is 4.79 Å². The lowest BCUT2D eigenvalue weighted by Crippen LogP contribution is -2.37. The number of aryl methyl sites for hydroxylation is 1. The van der Waals surface area contributed by atoms with E-state index < -0.39 is 15.8 Å². The molecule has 9 heteroatoms. The first-order valence-electron chi connectivity index (χ1n) is 9.92. The van der Waals surface area contributed by atoms with Crippen LogP contribution in [0.25, 0.3) is 10.6 Å². The van der Waals surface area contributed by atoms with Crippen molar-refractivity contribution in [3.05, 3.63) is 71.0 Å². The van der Waals surface area contributed by atoms with Gasteiger partial charge in [-0.2, -0.15) is 4.31 Å². The van der Waals surface area contributed by atoms with Gasteiger partial charge in [0.1, 0.15) is 16.5 Å². The number of nitrogens with zero attached hydrogens (tertiary/aromatic N) is 3. The van der Waals surface area contributed by atoms with E-state index in [9.17, 15) is 17.6 Å². The summed E-state index contributed by atoms with van der Waals surface area (Å²) in [4.78, 5) is 19.2. The lowest BCUT2D eigenvalue weighted by atomic mass is 10.2. The second-order valence-corrected chi connectivity index (χ2v) is 10.2. The summed E-state index contributed by atoms with van der Waals surface area (Å²) in [7, 11) is -3.74. The van der Waals surface area contributed by atoms with E-state index >= 15 is 0 Å². The Bertz CT molecular complexity index is 1180. The van der Waals surface area contributed by atoms with Crippen molar-refractivity contribution in [1.82, 2.24) is 14.2 Å². The third kappa shape index (κ3) is 4.68. The molecule has 0 unspecified atom stereocenters. The molecule has 1 saturated heterocycles. The molecular weight excluding hydrogens is 437 g/mol. The van der Waals surface area contributed by atoms with Crippen LogP contribution in [0.15, 0.2) is 58.8 Å². The second-order valence-electron chi connectivity index (χ2n) is 7.41. The van der Waals surface area contributed by atoms with Gasteiger partial charge in [-0.15, -0.1) is 11.3 Å². The van der Waals surface area contributed by atoms with Crippen molar-refractivity contribution >= 4 is 27.3 Å². The average Bonchev–Trinajstić information content (AvgIpc) is 3.11. The van der Waals surface area contributed by atoms with E-state index in [4.69, 9.17) is 0 Å². The zero-order valence-corrected chi connectivity index (χ0v) is 18.6. The summed E-state index contributed by atoms with van der Waals surface area (Å²) >= 11 is 1.41. The SMILES string of the molecule is Cc1ccc(-c2nc(C(=O)N3CCCN(S(=O)(=O)c4ccc(F)cc4)CC3)cs2)cc1. The van der Waals surface area contributed by atoms with Gasteiger partial charge in [0.2, 0.25) is 10.0 Å². The highest BCUT2D eigenvalue weighted by Gasteiger charge is 2.29. The molecule has 0 saturated carbocycles. The van der Waals surface area contributed by atoms with E-state index in [1.165, 1.54) is 27.8 Å². The molecular formula is C22H22FN3O3S2. The van der Waals surface area contributed by atoms with Gasteiger partial charge in [0.05, 0.1) is 4.90 Å². The van der Waals surface area contributed by atoms with Crippen LogP contribution in [0.3, 0.4) is 0 Å². The van der Waals surface area contributed by atoms with Gasteiger partial charge >= 0.3 is 0 Å². The molecule has 1 fully saturated rings. The Hall–Kier alpha value is -2.62. The Balaban J connectivity index is 1.46. The van der Waals surface area contributed by atoms with Gasteiger partial charge in [-0.1, -0.05) is 29.8 Å². The molecule has 0 N–H and O–H groups in total. The minimum absolute atomic E-state index is 0.0518. The van der Waals surface area contributed by atoms with Crippen molar-refractivity contribution < 1.29 is 17.6 Å². The zero-order valence-electron chi connectivity index (χ0n) is 17.0. The van der Waals surface area contributed by atoms with Crippen LogP contribution in [0, 0.1) is 12.7 Å². The summed E-state index contributed by atoms with van der Waals surface area (Å²) < 4.78 is 40.2. The van der Waals surface area contributed by atoms with Crippen LogP contribution in [-0.4, -0.2) is 54.7 Å². The second kappa shape index (κ2) is 8.86. The maximum atomic E-state index is 13.2. The van der Waals surface area contributed by atoms with Gasteiger partial charge in [0.25, 0.3) is 5.91 Å². The van der Waals surface area contributed by atoms with Crippen LogP contribution < -0.4 is 0 Å². The van der Waals surface area contributed by atoms with E-state index in [-0.39, 0.29) is 23.9 Å². The number of benzene rings is 2. The predicted molar refractivity (Wildman–Crippen MR) is 118 cm³/mol. The van der Waals surface area contributed by atoms with Crippen molar-refractivity contribution in [2.75, 3.05) is 26.2 Å². The predicted octanol–water partition coefficient (Wildman–Crippen LogP) is 3.79. The minimum Gasteiger partial charge on any atom is -0.336 e. The van der Waals surface area contributed by atoms with Crippen LogP contribution in [0.2, 0.25) is 0 Å². The van der Waals surface area contributed by atoms with Crippen LogP contribution >= 0.6 is 11.3 Å². The lowest BCUT2D eigenvalue weighted by Gasteiger charge is -2.21. The molecule has 0 radical (unpaired) electrons. The summed E-state index contributed by atoms with van der Waals surface area (Å²) in [6.07, 6.45) is 0.515. The molecule has 1 aliphatic heterocycles. The largest absolute Gasteiger partial charge is 0.336 e. The average molecular weight is 460 g/mol. The molecule has 0 bridgehead atoms. The van der Waals surface area contributed by atoms with Crippen LogP contribution in [-0.2, 0) is 10.0 Å². The molecule has 162 valence electrons. The fourth-order valence-electron chi connectivity index (χ4n) is 3.46. The Morgan fingerprint density at radius 2 is 1.71 bits per heavy atom. The van der Waals surface area contributed by atoms with Crippen LogP contribution in [0.5, 0.6) is 0 Å². The van der Waals surface area contributed by atoms with Crippen molar-refractivity contribution in [3.8, 4) is 10.6 Å². The fourth-order valence-corrected chi connectivity index (χ4v) is 5.73. The van der Waals surface area contributed by atoms with Crippen LogP contribution in [0.1, 0.15) is 22.5 Å². The number of rotatable bonds is 4. The molecule has 6 nitrogen and oxygen atoms in total. The molecule has 0 aliphatic carbocycles. The maximum absolute atomic E-state index is 13.2. The highest BCUT2D eigenvalue weighted by atomic mass is 32.2. The van der Waals surface area contributed by atoms with Gasteiger partial charge in [-0.05, 0) is 37.6 Å². The van der Waals surface area contributed by atoms with Crippen molar-refractivity contribution in [3.63, 3.8) is 0 Å². The van der Waals surface area contributed by atoms with E-state index in [2.05, 4.69) is 4.98 Å². The Kier molecular flexibility index (Phi) is 6.17. The molecule has 2 heterocycles. The summed E-state index contributed by atoms with van der Waals surface area (Å²) in [5.41, 5.74) is 2.49. The number of aromatic nitrogens is 1. The van der Waals surface area contributed by atoms with Gasteiger partial charge < -0.3 is 4.90 Å². The number of sulfonamides is 1. The number of carbonyl (C=O) groups excluding carboxylic acids is 1. The third-order valence-corrected chi connectivity index (χ3v) is 8.02. The molecule has 0 atom stereocenters. The smallest absolute Gasteiger partial charge is 0.273 e. The number of amides is 1. The lowest BCUT2D eigenvalue weighted by molar-refractivity contribution is 0.0759. The summed E-state index contributed by atoms with van der Waals surface area (Å²) in [6, 6.07) is 12.8. The number of thiazole rings is 1. The Morgan fingerprint density at radius 1 is 1.00 bits per heavy atom. The number of hydrogen-bond donors (Lipinski definition) is 0. The van der Waals surface area contributed by atoms with E-state index in [1.54, 1.807) is 10.3 Å². The number of halogens is 1. The molecule has 4 rings (SSSR count). The zero-order chi connectivity index (χ0) is 22.0. The Labute approximate surface area is 185 Å². The van der Waals surface area contributed by atoms with Crippen molar-refractivity contribution in [2.24, 2.45) is 0 Å². The molecule has 31 heavy (non-hydrogen) atoms. The number of hydrogen-bond acceptors (Lipinski definition) is 5. The monoisotopic (exact) mass is 459 g/mol. The molecule has 2 aromatic carbocycles. The number of carbonyl (C=O) groups is 1. The first kappa shape index (κ1) is 21.6. The summed E-state index contributed by atoms with van der Waals surface area (Å²) in [5.74, 6) is -0.685. The highest BCUT2D eigenvalue weighted by molar-refractivity contribution is 7.89. The van der Waals surface area contributed by atoms with Crippen LogP contribution in [0.4, 0.5) is 4.39 Å². The summed E-state index contributed by atoms with van der Waals surface area (Å²) in [5, 5.41) is 2.52. The summed E-state index contributed by atoms with van der Waals surface area (Å²) in [6.45, 7) is 3.22. The molecule has 1 aromatic heterocycles. The van der Waals surface area contributed by atoms with E-state index in [0.29, 0.717) is 25.2 Å². The Morgan fingerprint density at radius 3 is 2.42 bits per heavy atom. The highest BCUT2D eigenvalue weighted by Crippen LogP contribution is 2.25. The first-order chi connectivity index (χ1) is 14.8. The fraction of sp³-hybridized carbons (Fsp3) is 0.273. The standard InChI is InChI=1S/C22H22FN3O3S2/c1-16-3-5-17(6-4-16)21-24-20(15-30-21)22(27)25-11-2-12-26(14-13-25)31(28,29)19-9-7-18(23)8-10-19/h3-10,15H,2,11-14H2,1H3. The van der Waals surface area contributed by atoms with E-state index in [1.807, 2.05) is 31.2 Å². The minimum atomic E-state index is -3.74. The quantitative estimate of drug-likeness (QED) is 0.595. The van der Waals surface area contributed by atoms with Crippen molar-refractivity contribution in [1.29, 1.82) is 0 Å². The van der Waals surface area contributed by atoms with Crippen molar-refractivity contribution in [2.45, 2.75) is 18.2 Å². The molecule has 1 amide bonds. The van der Waals surface area contributed by atoms with Gasteiger partial charge in [-0.25, -0.2) is 17.8 Å². The topological polar surface area (TPSA) is 70.6 Å². The molecule has 1 aliphatic rings. The van der Waals surface area contributed by atoms with E-state index in [0.717, 1.165) is 28.3 Å². The van der Waals surface area contributed by atoms with Gasteiger partial charge in [0.15, 0.2) is 0 Å². The maximum Gasteiger partial charge on any atom is 0.273 e. The first-order valence-corrected chi connectivity index (χ1v) is 12.2.